The van der Waals surface area contributed by atoms with Gasteiger partial charge in [-0.3, -0.25) is 19.3 Å². The minimum atomic E-state index is -1.05. The number of amides is 3. The van der Waals surface area contributed by atoms with Crippen LogP contribution < -0.4 is 4.90 Å². The number of carbonyl (C=O) groups excluding carboxylic acids is 4. The number of anilines is 1. The van der Waals surface area contributed by atoms with Gasteiger partial charge in [-0.1, -0.05) is 18.2 Å². The largest absolute Gasteiger partial charge is 0.467 e. The topological polar surface area (TPSA) is 97.1 Å². The molecule has 0 saturated carbocycles. The summed E-state index contributed by atoms with van der Waals surface area (Å²) < 4.78 is 10.5. The Hall–Kier alpha value is -4.20. The number of fused-ring (bicyclic) bond motifs is 1. The van der Waals surface area contributed by atoms with Crippen LogP contribution in [0.15, 0.2) is 71.3 Å². The third-order valence-corrected chi connectivity index (χ3v) is 5.21. The van der Waals surface area contributed by atoms with Crippen molar-refractivity contribution in [2.45, 2.75) is 19.6 Å². The molecule has 0 spiro atoms. The van der Waals surface area contributed by atoms with Crippen LogP contribution in [-0.2, 0) is 16.1 Å². The second-order valence-corrected chi connectivity index (χ2v) is 7.32. The Balaban J connectivity index is 1.47. The second kappa shape index (κ2) is 8.50. The highest BCUT2D eigenvalue weighted by atomic mass is 16.5. The number of ether oxygens (including phenoxy) is 1. The number of benzene rings is 2. The molecule has 1 atom stereocenters. The quantitative estimate of drug-likeness (QED) is 0.438. The SMILES string of the molecule is C[C@@H](OC(=O)c1ccc2c(c1)C(=O)N(Cc1ccco1)C2=O)C(=O)N(C)c1ccccc1. The summed E-state index contributed by atoms with van der Waals surface area (Å²) in [5, 5.41) is 0. The average Bonchev–Trinajstić information content (AvgIpc) is 3.41. The van der Waals surface area contributed by atoms with Crippen molar-refractivity contribution < 1.29 is 28.3 Å². The van der Waals surface area contributed by atoms with Gasteiger partial charge in [-0.05, 0) is 49.4 Å². The van der Waals surface area contributed by atoms with Crippen LogP contribution in [0.4, 0.5) is 5.69 Å². The van der Waals surface area contributed by atoms with Crippen LogP contribution in [0.5, 0.6) is 0 Å². The number of carbonyl (C=O) groups is 4. The van der Waals surface area contributed by atoms with Gasteiger partial charge in [0.2, 0.25) is 0 Å². The fraction of sp³-hybridized carbons (Fsp3) is 0.167. The molecule has 0 unspecified atom stereocenters. The van der Waals surface area contributed by atoms with Gasteiger partial charge in [-0.15, -0.1) is 0 Å². The molecule has 0 saturated heterocycles. The van der Waals surface area contributed by atoms with Crippen molar-refractivity contribution in [3.8, 4) is 0 Å². The lowest BCUT2D eigenvalue weighted by atomic mass is 10.1. The average molecular weight is 432 g/mol. The molecule has 0 fully saturated rings. The van der Waals surface area contributed by atoms with Crippen LogP contribution >= 0.6 is 0 Å². The van der Waals surface area contributed by atoms with Crippen LogP contribution in [0.2, 0.25) is 0 Å². The van der Waals surface area contributed by atoms with Crippen molar-refractivity contribution in [1.82, 2.24) is 4.90 Å². The lowest BCUT2D eigenvalue weighted by Crippen LogP contribution is -2.37. The van der Waals surface area contributed by atoms with Crippen molar-refractivity contribution in [2.24, 2.45) is 0 Å². The maximum atomic E-state index is 12.7. The van der Waals surface area contributed by atoms with Gasteiger partial charge >= 0.3 is 5.97 Å². The highest BCUT2D eigenvalue weighted by Crippen LogP contribution is 2.26. The van der Waals surface area contributed by atoms with E-state index in [9.17, 15) is 19.2 Å². The van der Waals surface area contributed by atoms with E-state index >= 15 is 0 Å². The zero-order valence-electron chi connectivity index (χ0n) is 17.5. The Kier molecular flexibility index (Phi) is 5.59. The lowest BCUT2D eigenvalue weighted by molar-refractivity contribution is -0.126. The van der Waals surface area contributed by atoms with Gasteiger partial charge in [0.1, 0.15) is 5.76 Å². The van der Waals surface area contributed by atoms with Gasteiger partial charge in [-0.2, -0.15) is 0 Å². The monoisotopic (exact) mass is 432 g/mol. The van der Waals surface area contributed by atoms with E-state index in [-0.39, 0.29) is 23.2 Å². The van der Waals surface area contributed by atoms with E-state index in [1.807, 2.05) is 6.07 Å². The van der Waals surface area contributed by atoms with E-state index in [1.165, 1.54) is 36.3 Å². The smallest absolute Gasteiger partial charge is 0.338 e. The number of para-hydroxylation sites is 1. The molecule has 0 radical (unpaired) electrons. The van der Waals surface area contributed by atoms with Crippen molar-refractivity contribution in [1.29, 1.82) is 0 Å². The van der Waals surface area contributed by atoms with E-state index in [4.69, 9.17) is 9.15 Å². The molecule has 3 amide bonds. The van der Waals surface area contributed by atoms with E-state index in [0.717, 1.165) is 4.90 Å². The highest BCUT2D eigenvalue weighted by Gasteiger charge is 2.37. The number of likely N-dealkylation sites (N-methyl/N-ethyl adjacent to an activating group) is 1. The first-order valence-corrected chi connectivity index (χ1v) is 9.93. The van der Waals surface area contributed by atoms with E-state index in [1.54, 1.807) is 43.4 Å². The van der Waals surface area contributed by atoms with Gasteiger partial charge in [0.25, 0.3) is 17.7 Å². The van der Waals surface area contributed by atoms with Crippen molar-refractivity contribution in [2.75, 3.05) is 11.9 Å². The number of esters is 1. The standard InChI is InChI=1S/C24H20N2O6/c1-15(21(27)25(2)17-7-4-3-5-8-17)32-24(30)16-10-11-19-20(13-16)23(29)26(22(19)28)14-18-9-6-12-31-18/h3-13,15H,14H2,1-2H3/t15-/m1/s1. The summed E-state index contributed by atoms with van der Waals surface area (Å²) >= 11 is 0. The molecule has 3 aromatic rings. The summed E-state index contributed by atoms with van der Waals surface area (Å²) in [4.78, 5) is 53.0. The summed E-state index contributed by atoms with van der Waals surface area (Å²) in [5.74, 6) is -1.69. The number of imide groups is 1. The lowest BCUT2D eigenvalue weighted by Gasteiger charge is -2.21. The van der Waals surface area contributed by atoms with Crippen molar-refractivity contribution >= 4 is 29.4 Å². The maximum absolute atomic E-state index is 12.7. The molecule has 1 aliphatic heterocycles. The molecule has 8 heteroatoms. The third kappa shape index (κ3) is 3.90. The Morgan fingerprint density at radius 2 is 1.72 bits per heavy atom. The third-order valence-electron chi connectivity index (χ3n) is 5.21. The first-order chi connectivity index (χ1) is 15.4. The Morgan fingerprint density at radius 3 is 2.41 bits per heavy atom. The van der Waals surface area contributed by atoms with Crippen LogP contribution in [-0.4, -0.2) is 41.7 Å². The van der Waals surface area contributed by atoms with E-state index < -0.39 is 29.8 Å². The molecule has 8 nitrogen and oxygen atoms in total. The minimum Gasteiger partial charge on any atom is -0.467 e. The molecule has 1 aliphatic rings. The summed E-state index contributed by atoms with van der Waals surface area (Å²) in [7, 11) is 1.59. The second-order valence-electron chi connectivity index (χ2n) is 7.32. The number of furan rings is 1. The number of hydrogen-bond acceptors (Lipinski definition) is 6. The number of rotatable bonds is 6. The van der Waals surface area contributed by atoms with Crippen LogP contribution in [0.25, 0.3) is 0 Å². The Labute approximate surface area is 184 Å². The molecule has 0 bridgehead atoms. The zero-order valence-corrected chi connectivity index (χ0v) is 17.5. The first kappa shape index (κ1) is 21.0. The van der Waals surface area contributed by atoms with E-state index in [0.29, 0.717) is 11.4 Å². The fourth-order valence-electron chi connectivity index (χ4n) is 3.45. The Bertz CT molecular complexity index is 1190. The number of nitrogens with zero attached hydrogens (tertiary/aromatic N) is 2. The molecule has 4 rings (SSSR count). The maximum Gasteiger partial charge on any atom is 0.338 e. The van der Waals surface area contributed by atoms with Gasteiger partial charge in [-0.25, -0.2) is 4.79 Å². The highest BCUT2D eigenvalue weighted by molar-refractivity contribution is 6.21. The fourth-order valence-corrected chi connectivity index (χ4v) is 3.45. The van der Waals surface area contributed by atoms with E-state index in [2.05, 4.69) is 0 Å². The molecule has 162 valence electrons. The molecule has 1 aromatic heterocycles. The predicted octanol–water partition coefficient (Wildman–Crippen LogP) is 3.28. The molecule has 0 aliphatic carbocycles. The molecular formula is C24H20N2O6. The molecule has 2 heterocycles. The molecule has 2 aromatic carbocycles. The van der Waals surface area contributed by atoms with Gasteiger partial charge in [0.05, 0.1) is 29.5 Å². The van der Waals surface area contributed by atoms with Crippen molar-refractivity contribution in [3.05, 3.63) is 89.4 Å². The Morgan fingerprint density at radius 1 is 1.00 bits per heavy atom. The minimum absolute atomic E-state index is 0.00349. The van der Waals surface area contributed by atoms with Gasteiger partial charge in [0, 0.05) is 12.7 Å². The van der Waals surface area contributed by atoms with Gasteiger partial charge in [0.15, 0.2) is 6.10 Å². The predicted molar refractivity (Wildman–Crippen MR) is 114 cm³/mol. The van der Waals surface area contributed by atoms with Crippen molar-refractivity contribution in [3.63, 3.8) is 0 Å². The number of hydrogen-bond donors (Lipinski definition) is 0. The van der Waals surface area contributed by atoms with Gasteiger partial charge < -0.3 is 14.1 Å². The zero-order chi connectivity index (χ0) is 22.8. The van der Waals surface area contributed by atoms with Crippen LogP contribution in [0, 0.1) is 0 Å². The summed E-state index contributed by atoms with van der Waals surface area (Å²) in [5.41, 5.74) is 1.05. The summed E-state index contributed by atoms with van der Waals surface area (Å²) in [6.07, 6.45) is 0.410. The summed E-state index contributed by atoms with van der Waals surface area (Å²) in [6.45, 7) is 1.48. The first-order valence-electron chi connectivity index (χ1n) is 9.93. The van der Waals surface area contributed by atoms with Crippen LogP contribution in [0.1, 0.15) is 43.8 Å². The molecule has 32 heavy (non-hydrogen) atoms. The molecular weight excluding hydrogens is 412 g/mol. The normalized spacial score (nSPS) is 13.6. The molecule has 0 N–H and O–H groups in total. The summed E-state index contributed by atoms with van der Waals surface area (Å²) in [6, 6.07) is 16.4. The van der Waals surface area contributed by atoms with Crippen LogP contribution in [0.3, 0.4) is 0 Å².